The van der Waals surface area contributed by atoms with E-state index in [0.29, 0.717) is 0 Å². The highest BCUT2D eigenvalue weighted by Crippen LogP contribution is 2.10. The molecule has 2 rings (SSSR count). The van der Waals surface area contributed by atoms with Gasteiger partial charge in [0.1, 0.15) is 6.54 Å². The zero-order valence-corrected chi connectivity index (χ0v) is 10.2. The van der Waals surface area contributed by atoms with Crippen LogP contribution in [-0.2, 0) is 16.0 Å². The van der Waals surface area contributed by atoms with Crippen molar-refractivity contribution in [2.75, 3.05) is 6.54 Å². The number of hydrogen-bond acceptors (Lipinski definition) is 2. The third kappa shape index (κ3) is 3.70. The van der Waals surface area contributed by atoms with Gasteiger partial charge < -0.3 is 15.0 Å². The Morgan fingerprint density at radius 2 is 1.74 bits per heavy atom. The molecule has 5 nitrogen and oxygen atoms in total. The highest BCUT2D eigenvalue weighted by Gasteiger charge is 2.05. The Labute approximate surface area is 110 Å². The van der Waals surface area contributed by atoms with Gasteiger partial charge in [-0.3, -0.25) is 9.59 Å². The fraction of sp³-hybridized carbons (Fsp3) is 0.143. The van der Waals surface area contributed by atoms with Crippen LogP contribution in [0.5, 0.6) is 0 Å². The smallest absolute Gasteiger partial charge is 0.322 e. The van der Waals surface area contributed by atoms with Crippen molar-refractivity contribution in [2.45, 2.75) is 6.42 Å². The van der Waals surface area contributed by atoms with Crippen LogP contribution in [0.4, 0.5) is 0 Å². The number of amides is 1. The summed E-state index contributed by atoms with van der Waals surface area (Å²) in [4.78, 5) is 21.8. The van der Waals surface area contributed by atoms with Crippen molar-refractivity contribution < 1.29 is 14.7 Å². The van der Waals surface area contributed by atoms with Gasteiger partial charge in [0.2, 0.25) is 5.91 Å². The van der Waals surface area contributed by atoms with E-state index < -0.39 is 5.97 Å². The van der Waals surface area contributed by atoms with Gasteiger partial charge in [-0.1, -0.05) is 12.1 Å². The second-order valence-corrected chi connectivity index (χ2v) is 4.10. The molecular formula is C14H14N2O3. The van der Waals surface area contributed by atoms with E-state index in [4.69, 9.17) is 5.11 Å². The number of hydrogen-bond donors (Lipinski definition) is 2. The Morgan fingerprint density at radius 1 is 1.11 bits per heavy atom. The predicted molar refractivity (Wildman–Crippen MR) is 70.1 cm³/mol. The molecule has 98 valence electrons. The monoisotopic (exact) mass is 258 g/mol. The van der Waals surface area contributed by atoms with Crippen molar-refractivity contribution in [1.29, 1.82) is 0 Å². The lowest BCUT2D eigenvalue weighted by Crippen LogP contribution is -2.30. The summed E-state index contributed by atoms with van der Waals surface area (Å²) in [6, 6.07) is 11.4. The Kier molecular flexibility index (Phi) is 3.97. The molecule has 0 aliphatic rings. The van der Waals surface area contributed by atoms with Crippen LogP contribution in [0.25, 0.3) is 5.69 Å². The van der Waals surface area contributed by atoms with Gasteiger partial charge in [0.25, 0.3) is 0 Å². The fourth-order valence-electron chi connectivity index (χ4n) is 1.71. The second-order valence-electron chi connectivity index (χ2n) is 4.10. The summed E-state index contributed by atoms with van der Waals surface area (Å²) in [7, 11) is 0. The van der Waals surface area contributed by atoms with E-state index in [2.05, 4.69) is 5.32 Å². The van der Waals surface area contributed by atoms with Crippen LogP contribution in [0.3, 0.4) is 0 Å². The molecule has 1 amide bonds. The van der Waals surface area contributed by atoms with Crippen molar-refractivity contribution in [1.82, 2.24) is 9.88 Å². The summed E-state index contributed by atoms with van der Waals surface area (Å²) in [5.41, 5.74) is 1.86. The van der Waals surface area contributed by atoms with E-state index in [0.717, 1.165) is 11.3 Å². The van der Waals surface area contributed by atoms with Crippen LogP contribution in [0.15, 0.2) is 48.8 Å². The van der Waals surface area contributed by atoms with Crippen molar-refractivity contribution in [3.8, 4) is 5.69 Å². The molecule has 0 aliphatic carbocycles. The SMILES string of the molecule is O=C(O)CNC(=O)Cc1ccc(-n2cccc2)cc1. The third-order valence-corrected chi connectivity index (χ3v) is 2.64. The molecule has 0 bridgehead atoms. The van der Waals surface area contributed by atoms with Crippen LogP contribution in [-0.4, -0.2) is 28.1 Å². The van der Waals surface area contributed by atoms with Gasteiger partial charge in [0.15, 0.2) is 0 Å². The van der Waals surface area contributed by atoms with Gasteiger partial charge in [0, 0.05) is 18.1 Å². The van der Waals surface area contributed by atoms with Crippen molar-refractivity contribution >= 4 is 11.9 Å². The zero-order chi connectivity index (χ0) is 13.7. The van der Waals surface area contributed by atoms with E-state index in [9.17, 15) is 9.59 Å². The maximum Gasteiger partial charge on any atom is 0.322 e. The highest BCUT2D eigenvalue weighted by atomic mass is 16.4. The molecule has 0 radical (unpaired) electrons. The first-order chi connectivity index (χ1) is 9.15. The third-order valence-electron chi connectivity index (χ3n) is 2.64. The Bertz CT molecular complexity index is 559. The molecule has 19 heavy (non-hydrogen) atoms. The van der Waals surface area contributed by atoms with E-state index in [1.807, 2.05) is 53.4 Å². The number of carbonyl (C=O) groups is 2. The molecule has 0 saturated heterocycles. The van der Waals surface area contributed by atoms with Crippen LogP contribution >= 0.6 is 0 Å². The Morgan fingerprint density at radius 3 is 2.32 bits per heavy atom. The average Bonchev–Trinajstić information content (AvgIpc) is 2.91. The first-order valence-electron chi connectivity index (χ1n) is 5.86. The normalized spacial score (nSPS) is 10.1. The summed E-state index contributed by atoms with van der Waals surface area (Å²) in [5.74, 6) is -1.34. The molecule has 0 fully saturated rings. The van der Waals surface area contributed by atoms with Crippen molar-refractivity contribution in [2.24, 2.45) is 0 Å². The Balaban J connectivity index is 1.95. The molecule has 0 saturated carbocycles. The minimum absolute atomic E-state index is 0.180. The minimum Gasteiger partial charge on any atom is -0.480 e. The zero-order valence-electron chi connectivity index (χ0n) is 10.2. The van der Waals surface area contributed by atoms with Gasteiger partial charge >= 0.3 is 5.97 Å². The molecule has 0 atom stereocenters. The lowest BCUT2D eigenvalue weighted by molar-refractivity contribution is -0.137. The summed E-state index contributed by atoms with van der Waals surface area (Å²) in [6.07, 6.45) is 4.06. The maximum atomic E-state index is 11.5. The number of carbonyl (C=O) groups excluding carboxylic acids is 1. The number of carboxylic acids is 1. The number of nitrogens with one attached hydrogen (secondary N) is 1. The molecule has 0 spiro atoms. The van der Waals surface area contributed by atoms with Crippen LogP contribution in [0.2, 0.25) is 0 Å². The van der Waals surface area contributed by atoms with E-state index >= 15 is 0 Å². The molecular weight excluding hydrogens is 244 g/mol. The molecule has 1 heterocycles. The number of carboxylic acid groups (broad SMARTS) is 1. The first kappa shape index (κ1) is 12.9. The molecule has 1 aromatic carbocycles. The topological polar surface area (TPSA) is 71.3 Å². The summed E-state index contributed by atoms with van der Waals surface area (Å²) in [6.45, 7) is -0.347. The molecule has 0 unspecified atom stereocenters. The number of benzene rings is 1. The number of aliphatic carboxylic acids is 1. The van der Waals surface area contributed by atoms with E-state index in [1.54, 1.807) is 0 Å². The molecule has 2 aromatic rings. The maximum absolute atomic E-state index is 11.5. The minimum atomic E-state index is -1.05. The Hall–Kier alpha value is -2.56. The molecule has 1 aromatic heterocycles. The number of rotatable bonds is 5. The van der Waals surface area contributed by atoms with Gasteiger partial charge in [-0.2, -0.15) is 0 Å². The summed E-state index contributed by atoms with van der Waals surface area (Å²) in [5, 5.41) is 10.8. The van der Waals surface area contributed by atoms with E-state index in [1.165, 1.54) is 0 Å². The van der Waals surface area contributed by atoms with Crippen LogP contribution in [0.1, 0.15) is 5.56 Å². The standard InChI is InChI=1S/C14H14N2O3/c17-13(15-10-14(18)19)9-11-3-5-12(6-4-11)16-7-1-2-8-16/h1-8H,9-10H2,(H,15,17)(H,18,19). The number of nitrogens with zero attached hydrogens (tertiary/aromatic N) is 1. The van der Waals surface area contributed by atoms with Crippen LogP contribution in [0, 0.1) is 0 Å². The number of aromatic nitrogens is 1. The lowest BCUT2D eigenvalue weighted by atomic mass is 10.1. The van der Waals surface area contributed by atoms with Gasteiger partial charge in [-0.25, -0.2) is 0 Å². The summed E-state index contributed by atoms with van der Waals surface area (Å²) >= 11 is 0. The van der Waals surface area contributed by atoms with Crippen LogP contribution < -0.4 is 5.32 Å². The van der Waals surface area contributed by atoms with Gasteiger partial charge in [0.05, 0.1) is 6.42 Å². The molecule has 0 aliphatic heterocycles. The quantitative estimate of drug-likeness (QED) is 0.847. The molecule has 5 heteroatoms. The predicted octanol–water partition coefficient (Wildman–Crippen LogP) is 1.22. The first-order valence-corrected chi connectivity index (χ1v) is 5.86. The van der Waals surface area contributed by atoms with Gasteiger partial charge in [-0.05, 0) is 29.8 Å². The van der Waals surface area contributed by atoms with Gasteiger partial charge in [-0.15, -0.1) is 0 Å². The largest absolute Gasteiger partial charge is 0.480 e. The van der Waals surface area contributed by atoms with E-state index in [-0.39, 0.29) is 18.9 Å². The summed E-state index contributed by atoms with van der Waals surface area (Å²) < 4.78 is 1.97. The lowest BCUT2D eigenvalue weighted by Gasteiger charge is -2.05. The average molecular weight is 258 g/mol. The molecule has 2 N–H and O–H groups in total. The van der Waals surface area contributed by atoms with Crippen molar-refractivity contribution in [3.63, 3.8) is 0 Å². The second kappa shape index (κ2) is 5.86. The van der Waals surface area contributed by atoms with Crippen molar-refractivity contribution in [3.05, 3.63) is 54.4 Å². The fourth-order valence-corrected chi connectivity index (χ4v) is 1.71. The highest BCUT2D eigenvalue weighted by molar-refractivity contribution is 5.82.